The van der Waals surface area contributed by atoms with E-state index in [0.29, 0.717) is 0 Å². The van der Waals surface area contributed by atoms with E-state index in [1.165, 1.54) is 18.7 Å². The first-order chi connectivity index (χ1) is 4.84. The molecule has 0 aromatic carbocycles. The van der Waals surface area contributed by atoms with Crippen LogP contribution in [0.1, 0.15) is 0 Å². The van der Waals surface area contributed by atoms with Crippen molar-refractivity contribution in [3.05, 3.63) is 18.9 Å². The van der Waals surface area contributed by atoms with E-state index in [1.807, 2.05) is 0 Å². The third-order valence-electron chi connectivity index (χ3n) is 0.995. The van der Waals surface area contributed by atoms with Gasteiger partial charge in [-0.1, -0.05) is 0 Å². The summed E-state index contributed by atoms with van der Waals surface area (Å²) in [5.41, 5.74) is 0. The summed E-state index contributed by atoms with van der Waals surface area (Å²) < 4.78 is 4.42. The molecule has 0 aliphatic carbocycles. The number of aliphatic imine (C=N–C) groups is 1. The van der Waals surface area contributed by atoms with Crippen LogP contribution in [-0.2, 0) is 4.74 Å². The van der Waals surface area contributed by atoms with Gasteiger partial charge in [0.15, 0.2) is 6.67 Å². The quantitative estimate of drug-likeness (QED) is 0.497. The lowest BCUT2D eigenvalue weighted by Crippen LogP contribution is -2.23. The molecular weight excluding hydrogens is 132 g/mol. The zero-order valence-corrected chi connectivity index (χ0v) is 5.52. The van der Waals surface area contributed by atoms with Gasteiger partial charge in [-0.3, -0.25) is 9.89 Å². The maximum atomic E-state index is 10.7. The number of carbonyl (C=O) groups is 1. The van der Waals surface area contributed by atoms with Crippen LogP contribution in [0.5, 0.6) is 0 Å². The fraction of sp³-hybridized carbons (Fsp3) is 0.167. The number of amides is 1. The second-order valence-electron chi connectivity index (χ2n) is 1.63. The highest BCUT2D eigenvalue weighted by Gasteiger charge is 2.10. The first-order valence-electron chi connectivity index (χ1n) is 2.74. The minimum atomic E-state index is -0.437. The molecule has 4 heteroatoms. The summed E-state index contributed by atoms with van der Waals surface area (Å²) in [6.07, 6.45) is 4.36. The number of rotatable bonds is 0. The Labute approximate surface area is 58.8 Å². The first kappa shape index (κ1) is 6.80. The second-order valence-corrected chi connectivity index (χ2v) is 1.63. The van der Waals surface area contributed by atoms with Crippen molar-refractivity contribution in [2.45, 2.75) is 0 Å². The minimum Gasteiger partial charge on any atom is -0.452 e. The van der Waals surface area contributed by atoms with Crippen LogP contribution < -0.4 is 0 Å². The van der Waals surface area contributed by atoms with Crippen molar-refractivity contribution < 1.29 is 9.53 Å². The van der Waals surface area contributed by atoms with Gasteiger partial charge in [0.2, 0.25) is 0 Å². The number of hydrogen-bond acceptors (Lipinski definition) is 3. The Balaban J connectivity index is 2.51. The van der Waals surface area contributed by atoms with Crippen LogP contribution in [0.15, 0.2) is 17.3 Å². The molecule has 0 saturated carbocycles. The van der Waals surface area contributed by atoms with Gasteiger partial charge in [0, 0.05) is 12.4 Å². The number of carbonyl (C=O) groups excluding carboxylic acids is 1. The molecule has 4 nitrogen and oxygen atoms in total. The van der Waals surface area contributed by atoms with Gasteiger partial charge in [0.05, 0.1) is 7.11 Å². The number of methoxy groups -OCH3 is 1. The van der Waals surface area contributed by atoms with Crippen LogP contribution in [0.4, 0.5) is 4.79 Å². The topological polar surface area (TPSA) is 41.9 Å². The maximum Gasteiger partial charge on any atom is 0.415 e. The lowest BCUT2D eigenvalue weighted by Gasteiger charge is -2.14. The molecule has 1 rings (SSSR count). The molecule has 1 heterocycles. The Kier molecular flexibility index (Phi) is 2.04. The predicted molar refractivity (Wildman–Crippen MR) is 36.2 cm³/mol. The van der Waals surface area contributed by atoms with Gasteiger partial charge in [-0.15, -0.1) is 0 Å². The van der Waals surface area contributed by atoms with Crippen LogP contribution in [0.2, 0.25) is 0 Å². The molecule has 1 amide bonds. The van der Waals surface area contributed by atoms with Gasteiger partial charge in [0.25, 0.3) is 0 Å². The van der Waals surface area contributed by atoms with Crippen molar-refractivity contribution in [1.82, 2.24) is 4.90 Å². The summed E-state index contributed by atoms with van der Waals surface area (Å²) in [5, 5.41) is 0. The van der Waals surface area contributed by atoms with E-state index in [9.17, 15) is 4.79 Å². The average Bonchev–Trinajstić information content (AvgIpc) is 2.05. The fourth-order valence-electron chi connectivity index (χ4n) is 0.543. The third-order valence-corrected chi connectivity index (χ3v) is 0.995. The zero-order chi connectivity index (χ0) is 7.40. The molecular formula is C6H7N2O2. The maximum absolute atomic E-state index is 10.7. The molecule has 0 bridgehead atoms. The molecule has 10 heavy (non-hydrogen) atoms. The lowest BCUT2D eigenvalue weighted by atomic mass is 10.5. The van der Waals surface area contributed by atoms with Crippen molar-refractivity contribution in [3.63, 3.8) is 0 Å². The standard InChI is InChI=1S/C6H7N2O2/c1-10-6(9)8-4-2-3-7-5-8/h2-5H,1H3. The summed E-state index contributed by atoms with van der Waals surface area (Å²) in [5.74, 6) is 0. The van der Waals surface area contributed by atoms with Gasteiger partial charge in [-0.25, -0.2) is 4.79 Å². The van der Waals surface area contributed by atoms with Crippen molar-refractivity contribution >= 4 is 12.3 Å². The Bertz CT molecular complexity index is 186. The molecule has 1 aliphatic rings. The van der Waals surface area contributed by atoms with Crippen LogP contribution in [0.3, 0.4) is 0 Å². The highest BCUT2D eigenvalue weighted by atomic mass is 16.5. The Morgan fingerprint density at radius 3 is 3.00 bits per heavy atom. The molecule has 1 aliphatic heterocycles. The zero-order valence-electron chi connectivity index (χ0n) is 5.52. The third kappa shape index (κ3) is 1.34. The molecule has 0 atom stereocenters. The average molecular weight is 139 g/mol. The van der Waals surface area contributed by atoms with E-state index in [-0.39, 0.29) is 0 Å². The van der Waals surface area contributed by atoms with Gasteiger partial charge in [-0.05, 0) is 6.08 Å². The summed E-state index contributed by atoms with van der Waals surface area (Å²) in [6.45, 7) is 1.38. The van der Waals surface area contributed by atoms with E-state index in [4.69, 9.17) is 0 Å². The fourth-order valence-corrected chi connectivity index (χ4v) is 0.543. The normalized spacial score (nSPS) is 15.5. The van der Waals surface area contributed by atoms with Crippen LogP contribution in [0.25, 0.3) is 0 Å². The minimum absolute atomic E-state index is 0.437. The monoisotopic (exact) mass is 139 g/mol. The van der Waals surface area contributed by atoms with E-state index in [1.54, 1.807) is 18.5 Å². The number of nitrogens with zero attached hydrogens (tertiary/aromatic N) is 2. The number of allylic oxidation sites excluding steroid dienone is 1. The Hall–Kier alpha value is -1.32. The second kappa shape index (κ2) is 3.00. The number of ether oxygens (including phenoxy) is 1. The molecule has 1 radical (unpaired) electrons. The first-order valence-corrected chi connectivity index (χ1v) is 2.74. The summed E-state index contributed by atoms with van der Waals surface area (Å²) >= 11 is 0. The van der Waals surface area contributed by atoms with E-state index >= 15 is 0 Å². The van der Waals surface area contributed by atoms with Crippen LogP contribution in [0, 0.1) is 6.67 Å². The van der Waals surface area contributed by atoms with Crippen LogP contribution in [-0.4, -0.2) is 24.3 Å². The van der Waals surface area contributed by atoms with Gasteiger partial charge >= 0.3 is 6.09 Å². The Morgan fingerprint density at radius 2 is 2.50 bits per heavy atom. The summed E-state index contributed by atoms with van der Waals surface area (Å²) in [7, 11) is 1.32. The smallest absolute Gasteiger partial charge is 0.415 e. The molecule has 0 fully saturated rings. The van der Waals surface area contributed by atoms with Gasteiger partial charge in [0.1, 0.15) is 0 Å². The molecule has 0 N–H and O–H groups in total. The number of hydrogen-bond donors (Lipinski definition) is 0. The molecule has 0 unspecified atom stereocenters. The van der Waals surface area contributed by atoms with E-state index in [2.05, 4.69) is 9.73 Å². The van der Waals surface area contributed by atoms with Crippen molar-refractivity contribution in [3.8, 4) is 0 Å². The van der Waals surface area contributed by atoms with Crippen molar-refractivity contribution in [1.29, 1.82) is 0 Å². The molecule has 0 aromatic rings. The molecule has 53 valence electrons. The highest BCUT2D eigenvalue weighted by Crippen LogP contribution is 2.01. The van der Waals surface area contributed by atoms with E-state index < -0.39 is 6.09 Å². The van der Waals surface area contributed by atoms with Gasteiger partial charge in [-0.2, -0.15) is 0 Å². The van der Waals surface area contributed by atoms with Gasteiger partial charge < -0.3 is 4.74 Å². The largest absolute Gasteiger partial charge is 0.452 e. The van der Waals surface area contributed by atoms with Crippen molar-refractivity contribution in [2.75, 3.05) is 7.11 Å². The lowest BCUT2D eigenvalue weighted by molar-refractivity contribution is 0.147. The molecule has 0 aromatic heterocycles. The van der Waals surface area contributed by atoms with Crippen LogP contribution >= 0.6 is 0 Å². The van der Waals surface area contributed by atoms with E-state index in [0.717, 1.165) is 0 Å². The highest BCUT2D eigenvalue weighted by molar-refractivity contribution is 5.77. The Morgan fingerprint density at radius 1 is 1.70 bits per heavy atom. The van der Waals surface area contributed by atoms with Crippen molar-refractivity contribution in [2.24, 2.45) is 4.99 Å². The molecule has 0 saturated heterocycles. The predicted octanol–water partition coefficient (Wildman–Crippen LogP) is 0.772. The SMILES string of the molecule is COC(=O)N1[CH]N=CC=C1. The summed E-state index contributed by atoms with van der Waals surface area (Å²) in [6, 6.07) is 0. The molecule has 0 spiro atoms. The summed E-state index contributed by atoms with van der Waals surface area (Å²) in [4.78, 5) is 15.7.